The molecule has 10 aromatic carbocycles. The number of hydrogen-bond acceptors (Lipinski definition) is 2. The minimum atomic E-state index is -0.446. The average molecular weight is 1250 g/mol. The number of carbonyl (C=O) groups is 2. The Morgan fingerprint density at radius 2 is 0.477 bits per heavy atom. The molecular formula is C78H76N2Ni2O2P2. The normalized spacial score (nSPS) is 11.4. The second kappa shape index (κ2) is 37.1. The van der Waals surface area contributed by atoms with Crippen LogP contribution >= 0.6 is 15.8 Å². The van der Waals surface area contributed by atoms with Crippen molar-refractivity contribution >= 4 is 70.6 Å². The summed E-state index contributed by atoms with van der Waals surface area (Å²) < 4.78 is 0. The topological polar surface area (TPSA) is 62.3 Å². The number of benzene rings is 10. The number of para-hydroxylation sites is 2. The predicted octanol–water partition coefficient (Wildman–Crippen LogP) is 18.7. The van der Waals surface area contributed by atoms with Gasteiger partial charge in [0.05, 0.1) is 0 Å². The zero-order valence-corrected chi connectivity index (χ0v) is 54.0. The van der Waals surface area contributed by atoms with Gasteiger partial charge >= 0.3 is 33.0 Å². The molecule has 0 spiro atoms. The molecule has 0 atom stereocenters. The number of rotatable bonds is 14. The molecule has 0 amide bonds. The molecule has 0 fully saturated rings. The average Bonchev–Trinajstić information content (AvgIpc) is 3.18. The number of ketones is 2. The maximum Gasteiger partial charge on any atom is 2.00 e. The molecule has 86 heavy (non-hydrogen) atoms. The van der Waals surface area contributed by atoms with E-state index in [0.29, 0.717) is 0 Å². The van der Waals surface area contributed by atoms with Crippen molar-refractivity contribution < 1.29 is 42.6 Å². The fourth-order valence-electron chi connectivity index (χ4n) is 9.28. The van der Waals surface area contributed by atoms with Crippen molar-refractivity contribution in [2.45, 2.75) is 79.1 Å². The third-order valence-corrected chi connectivity index (χ3v) is 18.4. The molecule has 1 aliphatic carbocycles. The first-order chi connectivity index (χ1) is 40.9. The van der Waals surface area contributed by atoms with Crippen LogP contribution in [0.4, 0.5) is 11.4 Å². The van der Waals surface area contributed by atoms with E-state index in [9.17, 15) is 9.59 Å². The SMILES string of the molecule is CC(C)c1cccc(C(C)C)c1[N-]C1=CC(=O)C([N-]c2c(C(C)C)cccc2C(C)C)=CC1=O.[Ni+2].[Ni+2].[c-]1ccccc1.[c-]1ccccc1.c1ccc(P(c2ccccc2)c2ccccc2)cc1.c1ccc(P(c2ccccc2)c2ccccc2)cc1. The number of allylic oxidation sites excluding steroid dienone is 2. The molecule has 0 heterocycles. The molecular weight excluding hydrogens is 1180 g/mol. The third kappa shape index (κ3) is 20.9. The summed E-state index contributed by atoms with van der Waals surface area (Å²) in [6.07, 6.45) is 2.69. The zero-order chi connectivity index (χ0) is 59.5. The summed E-state index contributed by atoms with van der Waals surface area (Å²) in [5, 5.41) is 17.8. The Morgan fingerprint density at radius 1 is 0.279 bits per heavy atom. The Hall–Kier alpha value is -7.53. The van der Waals surface area contributed by atoms with Gasteiger partial charge in [-0.15, -0.1) is 11.4 Å². The first kappa shape index (κ1) is 69.2. The second-order valence-electron chi connectivity index (χ2n) is 21.0. The van der Waals surface area contributed by atoms with E-state index in [1.54, 1.807) is 0 Å². The summed E-state index contributed by atoms with van der Waals surface area (Å²) in [5.41, 5.74) is 6.19. The van der Waals surface area contributed by atoms with Gasteiger partial charge < -0.3 is 10.6 Å². The standard InChI is InChI=1S/C30H38N2O2.2C18H15P.2C6H5.2Ni/c1-17(2)21-11-9-12-22(18(3)4)29(21)31-25-15-28(34)26(16-27(25)33)32-30-23(19(5)6)13-10-14-24(30)20(7)8;2*1-4-10-16(11-5-1)19(17-12-6-2-7-13-17)18-14-8-3-9-15-18;2*1-2-4-6-5-3-1;;/h9-20H,1-8H3,(H2,31,32,33,34);2*1-15H;2*1-5H;;/q;;;2*-1;2*+2/p-2. The van der Waals surface area contributed by atoms with Gasteiger partial charge in [0.1, 0.15) is 0 Å². The fourth-order valence-corrected chi connectivity index (χ4v) is 13.9. The van der Waals surface area contributed by atoms with Gasteiger partial charge in [0.15, 0.2) is 11.6 Å². The van der Waals surface area contributed by atoms with E-state index in [1.807, 2.05) is 97.1 Å². The first-order valence-electron chi connectivity index (χ1n) is 28.8. The van der Waals surface area contributed by atoms with Crippen LogP contribution in [0.25, 0.3) is 10.6 Å². The van der Waals surface area contributed by atoms with Gasteiger partial charge in [-0.2, -0.15) is 72.8 Å². The van der Waals surface area contributed by atoms with Crippen LogP contribution in [-0.4, -0.2) is 11.6 Å². The number of nitrogens with zero attached hydrogens (tertiary/aromatic N) is 2. The molecule has 1 aliphatic rings. The third-order valence-electron chi connectivity index (χ3n) is 13.5. The fraction of sp³-hybridized carbons (Fsp3) is 0.154. The summed E-state index contributed by atoms with van der Waals surface area (Å²) >= 11 is 0. The Kier molecular flexibility index (Phi) is 29.9. The molecule has 10 aromatic rings. The van der Waals surface area contributed by atoms with Gasteiger partial charge in [-0.25, -0.2) is 0 Å². The quantitative estimate of drug-likeness (QED) is 0.0471. The number of hydrogen-bond donors (Lipinski definition) is 0. The van der Waals surface area contributed by atoms with Crippen molar-refractivity contribution in [1.29, 1.82) is 0 Å². The minimum absolute atomic E-state index is 0. The smallest absolute Gasteiger partial charge is 0.654 e. The van der Waals surface area contributed by atoms with Crippen molar-refractivity contribution in [3.05, 3.63) is 348 Å². The van der Waals surface area contributed by atoms with E-state index in [1.165, 1.54) is 44.0 Å². The molecule has 4 nitrogen and oxygen atoms in total. The molecule has 0 aromatic heterocycles. The van der Waals surface area contributed by atoms with Gasteiger partial charge in [0, 0.05) is 0 Å². The summed E-state index contributed by atoms with van der Waals surface area (Å²) in [4.78, 5) is 26.2. The maximum absolute atomic E-state index is 13.1. The van der Waals surface area contributed by atoms with Crippen LogP contribution in [0.5, 0.6) is 0 Å². The largest absolute Gasteiger partial charge is 2.00 e. The summed E-state index contributed by atoms with van der Waals surface area (Å²) in [5.74, 6) is 0.400. The van der Waals surface area contributed by atoms with Crippen molar-refractivity contribution in [3.63, 3.8) is 0 Å². The van der Waals surface area contributed by atoms with E-state index >= 15 is 0 Å². The van der Waals surface area contributed by atoms with E-state index in [4.69, 9.17) is 10.6 Å². The van der Waals surface area contributed by atoms with Crippen molar-refractivity contribution in [2.75, 3.05) is 0 Å². The van der Waals surface area contributed by atoms with Gasteiger partial charge in [-0.05, 0) is 83.5 Å². The minimum Gasteiger partial charge on any atom is -0.654 e. The van der Waals surface area contributed by atoms with Crippen LogP contribution in [-0.2, 0) is 42.6 Å². The Morgan fingerprint density at radius 3 is 0.640 bits per heavy atom. The number of carbonyl (C=O) groups excluding carboxylic acids is 2. The first-order valence-corrected chi connectivity index (χ1v) is 31.5. The Bertz CT molecular complexity index is 3050. The summed E-state index contributed by atoms with van der Waals surface area (Å²) in [7, 11) is -0.892. The van der Waals surface area contributed by atoms with Crippen LogP contribution < -0.4 is 31.8 Å². The molecule has 440 valence electrons. The van der Waals surface area contributed by atoms with Crippen molar-refractivity contribution in [2.24, 2.45) is 0 Å². The van der Waals surface area contributed by atoms with E-state index in [2.05, 4.69) is 250 Å². The molecule has 0 saturated heterocycles. The Balaban J connectivity index is 0.000000220. The predicted molar refractivity (Wildman–Crippen MR) is 362 cm³/mol. The summed E-state index contributed by atoms with van der Waals surface area (Å²) in [6, 6.07) is 102. The van der Waals surface area contributed by atoms with Crippen LogP contribution in [0.15, 0.2) is 303 Å². The zero-order valence-electron chi connectivity index (χ0n) is 50.3. The van der Waals surface area contributed by atoms with Gasteiger partial charge in [-0.3, -0.25) is 9.59 Å². The molecule has 0 saturated carbocycles. The molecule has 0 bridgehead atoms. The van der Waals surface area contributed by atoms with Gasteiger partial charge in [-0.1, -0.05) is 307 Å². The van der Waals surface area contributed by atoms with Gasteiger partial charge in [0.2, 0.25) is 0 Å². The molecule has 0 aliphatic heterocycles. The van der Waals surface area contributed by atoms with Crippen molar-refractivity contribution in [1.82, 2.24) is 0 Å². The Labute approximate surface area is 536 Å². The van der Waals surface area contributed by atoms with Crippen molar-refractivity contribution in [3.8, 4) is 0 Å². The summed E-state index contributed by atoms with van der Waals surface area (Å²) in [6.45, 7) is 16.9. The second-order valence-corrected chi connectivity index (χ2v) is 25.5. The monoisotopic (exact) mass is 1250 g/mol. The van der Waals surface area contributed by atoms with Crippen LogP contribution in [0.1, 0.15) is 101 Å². The molecule has 0 unspecified atom stereocenters. The molecule has 8 heteroatoms. The molecule has 0 radical (unpaired) electrons. The van der Waals surface area contributed by atoms with Crippen LogP contribution in [0.2, 0.25) is 0 Å². The van der Waals surface area contributed by atoms with E-state index in [0.717, 1.165) is 33.6 Å². The van der Waals surface area contributed by atoms with Crippen LogP contribution in [0.3, 0.4) is 0 Å². The van der Waals surface area contributed by atoms with E-state index in [-0.39, 0.29) is 79.6 Å². The van der Waals surface area contributed by atoms with E-state index < -0.39 is 15.8 Å². The molecule has 11 rings (SSSR count). The van der Waals surface area contributed by atoms with Crippen LogP contribution in [0, 0.1) is 12.1 Å². The maximum atomic E-state index is 13.1. The molecule has 0 N–H and O–H groups in total. The van der Waals surface area contributed by atoms with Gasteiger partial charge in [0.25, 0.3) is 0 Å².